The van der Waals surface area contributed by atoms with Gasteiger partial charge in [-0.1, -0.05) is 13.8 Å². The second-order valence-corrected chi connectivity index (χ2v) is 5.66. The van der Waals surface area contributed by atoms with E-state index in [0.29, 0.717) is 5.69 Å². The number of carboxylic acids is 1. The van der Waals surface area contributed by atoms with E-state index in [1.54, 1.807) is 6.92 Å². The minimum atomic E-state index is -1.30. The molecule has 5 heteroatoms. The molecular formula is C14H17NO4. The molecule has 2 N–H and O–H groups in total. The number of amides is 1. The number of benzene rings is 1. The van der Waals surface area contributed by atoms with Crippen LogP contribution in [0.5, 0.6) is 0 Å². The average Bonchev–Trinajstić information content (AvgIpc) is 2.43. The van der Waals surface area contributed by atoms with Gasteiger partial charge in [-0.25, -0.2) is 4.79 Å². The third-order valence-electron chi connectivity index (χ3n) is 3.93. The van der Waals surface area contributed by atoms with Gasteiger partial charge in [-0.3, -0.25) is 9.69 Å². The fourth-order valence-corrected chi connectivity index (χ4v) is 2.32. The zero-order chi connectivity index (χ0) is 14.4. The van der Waals surface area contributed by atoms with E-state index in [2.05, 4.69) is 0 Å². The molecule has 102 valence electrons. The van der Waals surface area contributed by atoms with E-state index >= 15 is 0 Å². The highest BCUT2D eigenvalue weighted by atomic mass is 16.4. The van der Waals surface area contributed by atoms with Gasteiger partial charge in [0.15, 0.2) is 0 Å². The highest BCUT2D eigenvalue weighted by Gasteiger charge is 2.54. The maximum Gasteiger partial charge on any atom is 0.335 e. The van der Waals surface area contributed by atoms with E-state index in [4.69, 9.17) is 5.11 Å². The quantitative estimate of drug-likeness (QED) is 0.853. The van der Waals surface area contributed by atoms with Crippen molar-refractivity contribution in [2.45, 2.75) is 32.9 Å². The molecule has 0 radical (unpaired) electrons. The monoisotopic (exact) mass is 263 g/mol. The molecule has 1 saturated heterocycles. The molecule has 1 aromatic rings. The van der Waals surface area contributed by atoms with Crippen molar-refractivity contribution >= 4 is 17.6 Å². The maximum absolute atomic E-state index is 12.1. The van der Waals surface area contributed by atoms with Gasteiger partial charge in [-0.15, -0.1) is 0 Å². The standard InChI is InChI=1S/C14H17NO4/c1-13(2)8-11(16)15(14(13,3)19)10-6-4-9(5-7-10)12(17)18/h4-7,19H,8H2,1-3H3,(H,17,18). The van der Waals surface area contributed by atoms with Crippen molar-refractivity contribution in [1.29, 1.82) is 0 Å². The first-order valence-corrected chi connectivity index (χ1v) is 6.05. The Morgan fingerprint density at radius 3 is 2.11 bits per heavy atom. The van der Waals surface area contributed by atoms with Crippen molar-refractivity contribution in [3.05, 3.63) is 29.8 Å². The minimum Gasteiger partial charge on any atom is -0.478 e. The van der Waals surface area contributed by atoms with E-state index in [-0.39, 0.29) is 17.9 Å². The van der Waals surface area contributed by atoms with Gasteiger partial charge in [0, 0.05) is 17.5 Å². The third-order valence-corrected chi connectivity index (χ3v) is 3.93. The summed E-state index contributed by atoms with van der Waals surface area (Å²) in [5, 5.41) is 19.4. The molecule has 1 aliphatic heterocycles. The highest BCUT2D eigenvalue weighted by molar-refractivity contribution is 5.98. The van der Waals surface area contributed by atoms with Crippen molar-refractivity contribution < 1.29 is 19.8 Å². The summed E-state index contributed by atoms with van der Waals surface area (Å²) >= 11 is 0. The molecule has 1 fully saturated rings. The van der Waals surface area contributed by atoms with Crippen LogP contribution in [0.4, 0.5) is 5.69 Å². The lowest BCUT2D eigenvalue weighted by Gasteiger charge is -2.38. The summed E-state index contributed by atoms with van der Waals surface area (Å²) in [6.07, 6.45) is 0.251. The molecule has 2 rings (SSSR count). The lowest BCUT2D eigenvalue weighted by atomic mass is 9.82. The first-order chi connectivity index (χ1) is 8.67. The second-order valence-electron chi connectivity index (χ2n) is 5.66. The first kappa shape index (κ1) is 13.5. The van der Waals surface area contributed by atoms with Gasteiger partial charge < -0.3 is 10.2 Å². The van der Waals surface area contributed by atoms with Crippen molar-refractivity contribution in [1.82, 2.24) is 0 Å². The Morgan fingerprint density at radius 1 is 1.21 bits per heavy atom. The largest absolute Gasteiger partial charge is 0.478 e. The molecule has 0 saturated carbocycles. The average molecular weight is 263 g/mol. The maximum atomic E-state index is 12.1. The van der Waals surface area contributed by atoms with E-state index in [9.17, 15) is 14.7 Å². The van der Waals surface area contributed by atoms with Crippen LogP contribution in [0.25, 0.3) is 0 Å². The van der Waals surface area contributed by atoms with Gasteiger partial charge in [0.25, 0.3) is 0 Å². The predicted molar refractivity (Wildman–Crippen MR) is 69.9 cm³/mol. The van der Waals surface area contributed by atoms with Crippen LogP contribution in [-0.4, -0.2) is 27.8 Å². The summed E-state index contributed by atoms with van der Waals surface area (Å²) in [6.45, 7) is 5.26. The summed E-state index contributed by atoms with van der Waals surface area (Å²) in [5.41, 5.74) is -1.20. The smallest absolute Gasteiger partial charge is 0.335 e. The van der Waals surface area contributed by atoms with Crippen LogP contribution in [0.1, 0.15) is 37.6 Å². The molecular weight excluding hydrogens is 246 g/mol. The number of carboxylic acid groups (broad SMARTS) is 1. The molecule has 0 aliphatic carbocycles. The van der Waals surface area contributed by atoms with Gasteiger partial charge >= 0.3 is 5.97 Å². The Kier molecular flexibility index (Phi) is 2.90. The Balaban J connectivity index is 2.41. The number of carbonyl (C=O) groups excluding carboxylic acids is 1. The fourth-order valence-electron chi connectivity index (χ4n) is 2.32. The van der Waals surface area contributed by atoms with Gasteiger partial charge in [0.05, 0.1) is 5.56 Å². The molecule has 0 bridgehead atoms. The number of carbonyl (C=O) groups is 2. The van der Waals surface area contributed by atoms with E-state index < -0.39 is 17.1 Å². The van der Waals surface area contributed by atoms with E-state index in [1.165, 1.54) is 29.2 Å². The van der Waals surface area contributed by atoms with Gasteiger partial charge in [0.1, 0.15) is 5.72 Å². The van der Waals surface area contributed by atoms with Crippen molar-refractivity contribution in [2.75, 3.05) is 4.90 Å². The number of hydrogen-bond donors (Lipinski definition) is 2. The third kappa shape index (κ3) is 2.00. The summed E-state index contributed by atoms with van der Waals surface area (Å²) in [7, 11) is 0. The Labute approximate surface area is 111 Å². The van der Waals surface area contributed by atoms with Crippen LogP contribution >= 0.6 is 0 Å². The number of hydrogen-bond acceptors (Lipinski definition) is 3. The Morgan fingerprint density at radius 2 is 1.74 bits per heavy atom. The van der Waals surface area contributed by atoms with Crippen molar-refractivity contribution in [2.24, 2.45) is 5.41 Å². The van der Waals surface area contributed by atoms with Crippen LogP contribution in [-0.2, 0) is 4.79 Å². The lowest BCUT2D eigenvalue weighted by Crippen LogP contribution is -2.50. The van der Waals surface area contributed by atoms with Crippen LogP contribution in [0.15, 0.2) is 24.3 Å². The van der Waals surface area contributed by atoms with Crippen LogP contribution in [0, 0.1) is 5.41 Å². The molecule has 0 spiro atoms. The molecule has 5 nitrogen and oxygen atoms in total. The number of rotatable bonds is 2. The van der Waals surface area contributed by atoms with Crippen LogP contribution in [0.3, 0.4) is 0 Å². The number of aromatic carboxylic acids is 1. The van der Waals surface area contributed by atoms with Gasteiger partial charge in [-0.2, -0.15) is 0 Å². The van der Waals surface area contributed by atoms with Crippen molar-refractivity contribution in [3.8, 4) is 0 Å². The van der Waals surface area contributed by atoms with Crippen LogP contribution < -0.4 is 4.90 Å². The molecule has 19 heavy (non-hydrogen) atoms. The highest BCUT2D eigenvalue weighted by Crippen LogP contribution is 2.45. The molecule has 0 aromatic heterocycles. The van der Waals surface area contributed by atoms with Gasteiger partial charge in [-0.05, 0) is 31.2 Å². The Bertz CT molecular complexity index is 531. The molecule has 1 aromatic carbocycles. The summed E-state index contributed by atoms with van der Waals surface area (Å²) in [4.78, 5) is 24.2. The van der Waals surface area contributed by atoms with Gasteiger partial charge in [0.2, 0.25) is 5.91 Å². The van der Waals surface area contributed by atoms with E-state index in [1.807, 2.05) is 13.8 Å². The molecule has 1 heterocycles. The number of aliphatic hydroxyl groups is 1. The summed E-state index contributed by atoms with van der Waals surface area (Å²) in [5.74, 6) is -1.19. The normalized spacial score (nSPS) is 25.7. The lowest BCUT2D eigenvalue weighted by molar-refractivity contribution is -0.118. The second kappa shape index (κ2) is 4.06. The summed E-state index contributed by atoms with van der Waals surface area (Å²) in [6, 6.07) is 5.92. The molecule has 1 aliphatic rings. The summed E-state index contributed by atoms with van der Waals surface area (Å²) < 4.78 is 0. The van der Waals surface area contributed by atoms with Crippen LogP contribution in [0.2, 0.25) is 0 Å². The minimum absolute atomic E-state index is 0.147. The fraction of sp³-hybridized carbons (Fsp3) is 0.429. The SMILES string of the molecule is CC1(C)CC(=O)N(c2ccc(C(=O)O)cc2)C1(C)O. The number of anilines is 1. The van der Waals surface area contributed by atoms with E-state index in [0.717, 1.165) is 0 Å². The zero-order valence-corrected chi connectivity index (χ0v) is 11.2. The first-order valence-electron chi connectivity index (χ1n) is 6.05. The van der Waals surface area contributed by atoms with Crippen molar-refractivity contribution in [3.63, 3.8) is 0 Å². The topological polar surface area (TPSA) is 77.8 Å². The number of nitrogens with zero attached hydrogens (tertiary/aromatic N) is 1. The molecule has 1 atom stereocenters. The molecule has 1 unspecified atom stereocenters. The zero-order valence-electron chi connectivity index (χ0n) is 11.2. The predicted octanol–water partition coefficient (Wildman–Crippen LogP) is 1.86. The molecule has 1 amide bonds. The Hall–Kier alpha value is -1.88.